The number of nitrogens with zero attached hydrogens (tertiary/aromatic N) is 3. The Morgan fingerprint density at radius 1 is 1.32 bits per heavy atom. The van der Waals surface area contributed by atoms with E-state index in [0.29, 0.717) is 11.3 Å². The minimum absolute atomic E-state index is 0.0509. The second-order valence-corrected chi connectivity index (χ2v) is 7.02. The van der Waals surface area contributed by atoms with Crippen LogP contribution in [0.4, 0.5) is 10.1 Å². The fourth-order valence-corrected chi connectivity index (χ4v) is 3.84. The highest BCUT2D eigenvalue weighted by Crippen LogP contribution is 2.24. The number of fused-ring (bicyclic) bond motifs is 1. The van der Waals surface area contributed by atoms with E-state index in [9.17, 15) is 9.18 Å². The van der Waals surface area contributed by atoms with Gasteiger partial charge in [0, 0.05) is 43.9 Å². The Kier molecular flexibility index (Phi) is 4.19. The van der Waals surface area contributed by atoms with E-state index in [1.807, 2.05) is 18.0 Å². The molecule has 25 heavy (non-hydrogen) atoms. The Morgan fingerprint density at radius 3 is 2.88 bits per heavy atom. The van der Waals surface area contributed by atoms with Crippen LogP contribution >= 0.6 is 0 Å². The maximum atomic E-state index is 14.4. The molecule has 0 spiro atoms. The van der Waals surface area contributed by atoms with Gasteiger partial charge in [0.2, 0.25) is 0 Å². The molecule has 6 heteroatoms. The number of nitrogens with one attached hydrogen (secondary N) is 1. The largest absolute Gasteiger partial charge is 0.369 e. The summed E-state index contributed by atoms with van der Waals surface area (Å²) in [7, 11) is 0. The number of halogens is 1. The molecule has 0 unspecified atom stereocenters. The third kappa shape index (κ3) is 3.25. The molecule has 1 atom stereocenters. The average Bonchev–Trinajstić information content (AvgIpc) is 3.23. The van der Waals surface area contributed by atoms with E-state index in [4.69, 9.17) is 0 Å². The zero-order chi connectivity index (χ0) is 17.4. The fraction of sp³-hybridized carbons (Fsp3) is 0.474. The van der Waals surface area contributed by atoms with Gasteiger partial charge in [0.05, 0.1) is 11.4 Å². The standard InChI is InChI=1S/C19H23FN4O/c1-13-11-24-12-15(5-7-18(24)21-13)22-19(25)14-4-6-17(16(20)10-14)23-8-2-3-9-23/h4,6,10-11,15H,2-3,5,7-9,12H2,1H3,(H,22,25)/t15-/m1/s1. The lowest BCUT2D eigenvalue weighted by Crippen LogP contribution is -2.40. The number of amides is 1. The van der Waals surface area contributed by atoms with Gasteiger partial charge in [-0.05, 0) is 44.4 Å². The van der Waals surface area contributed by atoms with Crippen molar-refractivity contribution < 1.29 is 9.18 Å². The number of anilines is 1. The lowest BCUT2D eigenvalue weighted by molar-refractivity contribution is 0.0927. The van der Waals surface area contributed by atoms with E-state index in [1.165, 1.54) is 6.07 Å². The Hall–Kier alpha value is -2.37. The van der Waals surface area contributed by atoms with Crippen LogP contribution in [0.3, 0.4) is 0 Å². The molecule has 1 aromatic carbocycles. The number of hydrogen-bond acceptors (Lipinski definition) is 3. The zero-order valence-electron chi connectivity index (χ0n) is 14.5. The summed E-state index contributed by atoms with van der Waals surface area (Å²) in [4.78, 5) is 19.0. The molecule has 1 N–H and O–H groups in total. The molecule has 4 rings (SSSR count). The monoisotopic (exact) mass is 342 g/mol. The van der Waals surface area contributed by atoms with E-state index in [2.05, 4.69) is 14.9 Å². The van der Waals surface area contributed by atoms with Crippen LogP contribution in [0.5, 0.6) is 0 Å². The predicted octanol–water partition coefficient (Wildman–Crippen LogP) is 2.68. The minimum atomic E-state index is -0.314. The summed E-state index contributed by atoms with van der Waals surface area (Å²) < 4.78 is 16.5. The molecular formula is C19H23FN4O. The van der Waals surface area contributed by atoms with Gasteiger partial charge < -0.3 is 14.8 Å². The van der Waals surface area contributed by atoms with Crippen molar-refractivity contribution in [3.63, 3.8) is 0 Å². The molecule has 0 aliphatic carbocycles. The maximum Gasteiger partial charge on any atom is 0.251 e. The van der Waals surface area contributed by atoms with E-state index in [-0.39, 0.29) is 17.8 Å². The second kappa shape index (κ2) is 6.50. The molecule has 2 aromatic rings. The van der Waals surface area contributed by atoms with Crippen LogP contribution in [0.2, 0.25) is 0 Å². The van der Waals surface area contributed by atoms with Crippen molar-refractivity contribution in [3.05, 3.63) is 47.3 Å². The average molecular weight is 342 g/mol. The van der Waals surface area contributed by atoms with Crippen LogP contribution in [0, 0.1) is 12.7 Å². The van der Waals surface area contributed by atoms with Crippen LogP contribution in [0.1, 0.15) is 41.1 Å². The molecule has 1 amide bonds. The molecule has 2 aliphatic rings. The van der Waals surface area contributed by atoms with Crippen molar-refractivity contribution in [1.29, 1.82) is 0 Å². The van der Waals surface area contributed by atoms with E-state index in [1.54, 1.807) is 12.1 Å². The van der Waals surface area contributed by atoms with Crippen molar-refractivity contribution in [2.24, 2.45) is 0 Å². The lowest BCUT2D eigenvalue weighted by atomic mass is 10.1. The molecule has 2 aliphatic heterocycles. The van der Waals surface area contributed by atoms with Gasteiger partial charge in [-0.1, -0.05) is 0 Å². The topological polar surface area (TPSA) is 50.2 Å². The smallest absolute Gasteiger partial charge is 0.251 e. The quantitative estimate of drug-likeness (QED) is 0.933. The van der Waals surface area contributed by atoms with Gasteiger partial charge >= 0.3 is 0 Å². The summed E-state index contributed by atoms with van der Waals surface area (Å²) in [6.45, 7) is 4.47. The Bertz CT molecular complexity index is 795. The van der Waals surface area contributed by atoms with Crippen LogP contribution in [0.15, 0.2) is 24.4 Å². The van der Waals surface area contributed by atoms with Crippen LogP contribution in [-0.4, -0.2) is 34.6 Å². The molecule has 3 heterocycles. The van der Waals surface area contributed by atoms with Gasteiger partial charge in [-0.3, -0.25) is 4.79 Å². The second-order valence-electron chi connectivity index (χ2n) is 7.02. The molecule has 1 fully saturated rings. The first kappa shape index (κ1) is 16.1. The molecule has 1 aromatic heterocycles. The summed E-state index contributed by atoms with van der Waals surface area (Å²) in [6, 6.07) is 4.86. The Labute approximate surface area is 146 Å². The molecule has 0 saturated carbocycles. The van der Waals surface area contributed by atoms with Gasteiger partial charge in [0.1, 0.15) is 11.6 Å². The van der Waals surface area contributed by atoms with E-state index < -0.39 is 0 Å². The number of carbonyl (C=O) groups is 1. The summed E-state index contributed by atoms with van der Waals surface area (Å²) in [6.07, 6.45) is 5.91. The number of carbonyl (C=O) groups excluding carboxylic acids is 1. The van der Waals surface area contributed by atoms with Crippen molar-refractivity contribution in [1.82, 2.24) is 14.9 Å². The van der Waals surface area contributed by atoms with Gasteiger partial charge in [-0.15, -0.1) is 0 Å². The summed E-state index contributed by atoms with van der Waals surface area (Å²) in [5.74, 6) is 0.548. The van der Waals surface area contributed by atoms with E-state index >= 15 is 0 Å². The first-order valence-electron chi connectivity index (χ1n) is 8.98. The van der Waals surface area contributed by atoms with Crippen LogP contribution < -0.4 is 10.2 Å². The fourth-order valence-electron chi connectivity index (χ4n) is 3.84. The Morgan fingerprint density at radius 2 is 2.12 bits per heavy atom. The number of aromatic nitrogens is 2. The van der Waals surface area contributed by atoms with Crippen molar-refractivity contribution >= 4 is 11.6 Å². The number of rotatable bonds is 3. The first-order chi connectivity index (χ1) is 12.1. The minimum Gasteiger partial charge on any atom is -0.369 e. The first-order valence-corrected chi connectivity index (χ1v) is 8.98. The third-order valence-corrected chi connectivity index (χ3v) is 5.10. The van der Waals surface area contributed by atoms with E-state index in [0.717, 1.165) is 56.8 Å². The highest BCUT2D eigenvalue weighted by Gasteiger charge is 2.23. The number of hydrogen-bond donors (Lipinski definition) is 1. The number of aryl methyl sites for hydroxylation is 2. The number of benzene rings is 1. The molecule has 0 radical (unpaired) electrons. The summed E-state index contributed by atoms with van der Waals surface area (Å²) >= 11 is 0. The summed E-state index contributed by atoms with van der Waals surface area (Å²) in [5.41, 5.74) is 1.99. The Balaban J connectivity index is 1.43. The maximum absolute atomic E-state index is 14.4. The summed E-state index contributed by atoms with van der Waals surface area (Å²) in [5, 5.41) is 3.03. The van der Waals surface area contributed by atoms with Crippen LogP contribution in [-0.2, 0) is 13.0 Å². The predicted molar refractivity (Wildman–Crippen MR) is 94.4 cm³/mol. The highest BCUT2D eigenvalue weighted by molar-refractivity contribution is 5.94. The van der Waals surface area contributed by atoms with Crippen molar-refractivity contribution in [3.8, 4) is 0 Å². The molecule has 1 saturated heterocycles. The van der Waals surface area contributed by atoms with Crippen molar-refractivity contribution in [2.75, 3.05) is 18.0 Å². The molecule has 132 valence electrons. The van der Waals surface area contributed by atoms with Crippen molar-refractivity contribution in [2.45, 2.75) is 45.2 Å². The van der Waals surface area contributed by atoms with Gasteiger partial charge in [0.25, 0.3) is 5.91 Å². The van der Waals surface area contributed by atoms with Crippen LogP contribution in [0.25, 0.3) is 0 Å². The zero-order valence-corrected chi connectivity index (χ0v) is 14.5. The van der Waals surface area contributed by atoms with Gasteiger partial charge in [-0.2, -0.15) is 0 Å². The molecular weight excluding hydrogens is 319 g/mol. The highest BCUT2D eigenvalue weighted by atomic mass is 19.1. The van der Waals surface area contributed by atoms with Gasteiger partial charge in [-0.25, -0.2) is 9.37 Å². The molecule has 0 bridgehead atoms. The van der Waals surface area contributed by atoms with Gasteiger partial charge in [0.15, 0.2) is 0 Å². The third-order valence-electron chi connectivity index (χ3n) is 5.10. The normalized spacial score (nSPS) is 19.8. The number of imidazole rings is 1. The lowest BCUT2D eigenvalue weighted by Gasteiger charge is -2.25. The SMILES string of the molecule is Cc1cn2c(n1)CC[C@@H](NC(=O)c1ccc(N3CCCC3)c(F)c1)C2. The molecule has 5 nitrogen and oxygen atoms in total.